The Kier molecular flexibility index (Phi) is 12.4. The number of esters is 1. The Hall–Kier alpha value is -1.76. The van der Waals surface area contributed by atoms with Crippen molar-refractivity contribution in [3.05, 3.63) is 11.6 Å². The Labute approximate surface area is 347 Å². The van der Waals surface area contributed by atoms with Gasteiger partial charge in [0.2, 0.25) is 0 Å². The molecule has 7 fully saturated rings. The van der Waals surface area contributed by atoms with Gasteiger partial charge in [-0.05, 0) is 81.6 Å². The van der Waals surface area contributed by atoms with E-state index in [0.717, 1.165) is 11.9 Å². The van der Waals surface area contributed by atoms with E-state index in [-0.39, 0.29) is 43.2 Å². The highest BCUT2D eigenvalue weighted by molar-refractivity contribution is 5.85. The minimum absolute atomic E-state index is 0.00494. The molecule has 4 saturated carbocycles. The summed E-state index contributed by atoms with van der Waals surface area (Å²) in [6.45, 7) is 2.70. The number of cyclic esters (lactones) is 1. The van der Waals surface area contributed by atoms with Gasteiger partial charge in [-0.25, -0.2) is 4.79 Å². The second kappa shape index (κ2) is 16.7. The zero-order chi connectivity index (χ0) is 43.1. The molecule has 0 aromatic rings. The fraction of sp³-hybridized carbons (Fsp3) is 0.902. The first kappa shape index (κ1) is 44.8. The molecule has 0 amide bonds. The summed E-state index contributed by atoms with van der Waals surface area (Å²) in [4.78, 5) is 25.2. The SMILES string of the molecule is C[C@H]1O[C@@H](O[C@H]2CC[C@]3(C=O)[C@H]4CC[C@]5(C)[C@@H](C6=CC(=O)OC6)CC[C@]5(O)[C@@H]4CC[C@]3(O)C2)C[C@H](O)[C@@H]1O[C@@H]1O[C@H](CO[C@@H]2O[C@H](CO)[C@@H](O)[C@H](O)[C@H]2O)[C@@H](O)[C@H](O)[C@H]1O. The number of aliphatic hydroxyl groups is 10. The molecule has 4 aliphatic carbocycles. The van der Waals surface area contributed by atoms with Gasteiger partial charge < -0.3 is 89.0 Å². The van der Waals surface area contributed by atoms with Crippen LogP contribution < -0.4 is 0 Å². The Morgan fingerprint density at radius 2 is 1.48 bits per heavy atom. The monoisotopic (exact) mass is 858 g/mol. The Morgan fingerprint density at radius 1 is 0.800 bits per heavy atom. The molecular weight excluding hydrogens is 796 g/mol. The number of fused-ring (bicyclic) bond motifs is 5. The predicted molar refractivity (Wildman–Crippen MR) is 199 cm³/mol. The van der Waals surface area contributed by atoms with Crippen LogP contribution >= 0.6 is 0 Å². The highest BCUT2D eigenvalue weighted by atomic mass is 16.7. The number of rotatable bonds is 10. The Balaban J connectivity index is 0.872. The third-order valence-corrected chi connectivity index (χ3v) is 16.1. The van der Waals surface area contributed by atoms with Gasteiger partial charge in [-0.1, -0.05) is 6.92 Å². The molecule has 10 N–H and O–H groups in total. The van der Waals surface area contributed by atoms with E-state index in [4.69, 9.17) is 33.2 Å². The summed E-state index contributed by atoms with van der Waals surface area (Å²) in [5.74, 6) is -0.820. The minimum Gasteiger partial charge on any atom is -0.458 e. The van der Waals surface area contributed by atoms with Gasteiger partial charge in [-0.2, -0.15) is 0 Å². The first-order valence-electron chi connectivity index (χ1n) is 21.4. The summed E-state index contributed by atoms with van der Waals surface area (Å²) >= 11 is 0. The van der Waals surface area contributed by atoms with Crippen LogP contribution in [-0.2, 0) is 42.7 Å². The lowest BCUT2D eigenvalue weighted by Gasteiger charge is -2.65. The van der Waals surface area contributed by atoms with Crippen LogP contribution in [0.25, 0.3) is 0 Å². The average molecular weight is 859 g/mol. The van der Waals surface area contributed by atoms with Crippen molar-refractivity contribution >= 4 is 12.3 Å². The summed E-state index contributed by atoms with van der Waals surface area (Å²) in [5, 5.41) is 108. The summed E-state index contributed by atoms with van der Waals surface area (Å²) < 4.78 is 40.2. The van der Waals surface area contributed by atoms with E-state index in [2.05, 4.69) is 6.92 Å². The molecule has 60 heavy (non-hydrogen) atoms. The van der Waals surface area contributed by atoms with Gasteiger partial charge in [0.15, 0.2) is 18.9 Å². The highest BCUT2D eigenvalue weighted by Gasteiger charge is 2.71. The van der Waals surface area contributed by atoms with Crippen molar-refractivity contribution in [2.24, 2.45) is 28.6 Å². The molecule has 3 saturated heterocycles. The molecule has 0 bridgehead atoms. The Bertz CT molecular complexity index is 1600. The van der Waals surface area contributed by atoms with Crippen LogP contribution in [0.4, 0.5) is 0 Å². The zero-order valence-electron chi connectivity index (χ0n) is 33.9. The van der Waals surface area contributed by atoms with Crippen molar-refractivity contribution in [3.63, 3.8) is 0 Å². The van der Waals surface area contributed by atoms with E-state index in [1.807, 2.05) is 0 Å². The molecule has 19 heteroatoms. The minimum atomic E-state index is -1.79. The largest absolute Gasteiger partial charge is 0.458 e. The van der Waals surface area contributed by atoms with Gasteiger partial charge >= 0.3 is 5.97 Å². The molecule has 0 unspecified atom stereocenters. The van der Waals surface area contributed by atoms with E-state index < -0.39 is 127 Å². The van der Waals surface area contributed by atoms with E-state index in [1.54, 1.807) is 13.0 Å². The molecule has 4 heterocycles. The topological polar surface area (TPSA) is 301 Å². The molecule has 8 rings (SSSR count). The van der Waals surface area contributed by atoms with Crippen molar-refractivity contribution in [1.82, 2.24) is 0 Å². The normalized spacial score (nSPS) is 54.3. The number of ether oxygens (including phenoxy) is 7. The molecule has 340 valence electrons. The van der Waals surface area contributed by atoms with E-state index in [0.29, 0.717) is 51.4 Å². The van der Waals surface area contributed by atoms with Crippen LogP contribution in [0.5, 0.6) is 0 Å². The zero-order valence-corrected chi connectivity index (χ0v) is 33.9. The second-order valence-corrected chi connectivity index (χ2v) is 19.0. The molecule has 4 aliphatic heterocycles. The number of aldehydes is 1. The first-order chi connectivity index (χ1) is 28.4. The molecule has 0 radical (unpaired) electrons. The van der Waals surface area contributed by atoms with Gasteiger partial charge in [0.25, 0.3) is 0 Å². The van der Waals surface area contributed by atoms with Crippen LogP contribution in [0.15, 0.2) is 11.6 Å². The van der Waals surface area contributed by atoms with E-state index in [9.17, 15) is 60.7 Å². The molecule has 8 aliphatic rings. The van der Waals surface area contributed by atoms with Crippen molar-refractivity contribution in [2.75, 3.05) is 19.8 Å². The van der Waals surface area contributed by atoms with Crippen molar-refractivity contribution in [1.29, 1.82) is 0 Å². The van der Waals surface area contributed by atoms with Crippen LogP contribution in [-0.4, -0.2) is 186 Å². The second-order valence-electron chi connectivity index (χ2n) is 19.0. The third kappa shape index (κ3) is 7.21. The van der Waals surface area contributed by atoms with Gasteiger partial charge in [-0.3, -0.25) is 0 Å². The summed E-state index contributed by atoms with van der Waals surface area (Å²) in [7, 11) is 0. The number of carbonyl (C=O) groups excluding carboxylic acids is 2. The van der Waals surface area contributed by atoms with E-state index in [1.165, 1.54) is 0 Å². The van der Waals surface area contributed by atoms with Crippen LogP contribution in [0.1, 0.15) is 78.1 Å². The molecular formula is C41H62O19. The van der Waals surface area contributed by atoms with Gasteiger partial charge in [0.05, 0.1) is 48.1 Å². The van der Waals surface area contributed by atoms with Gasteiger partial charge in [-0.15, -0.1) is 0 Å². The number of hydrogen-bond acceptors (Lipinski definition) is 19. The summed E-state index contributed by atoms with van der Waals surface area (Å²) in [6, 6.07) is 0. The molecule has 0 spiro atoms. The standard InChI is InChI=1S/C41H62O19/c1-18-35(60-37-34(51)32(49)30(47)26(59-37)16-55-36-33(50)31(48)29(46)25(14-42)58-36)24(44)12-28(56-18)57-20-3-8-39(17-43)22-4-7-38(2)21(19-11-27(45)54-15-19)6-10-41(38,53)23(22)5-9-40(39,52)13-20/h11,17-18,20-26,28-37,42,44,46-53H,3-10,12-16H2,1-2H3/t18-,20+,21-,22+,23-,24+,25-,26-,28+,29-,30-,31+,32+,33-,34-,35-,36-,37+,38-,39+,40+,41+/m1/s1. The van der Waals surface area contributed by atoms with Gasteiger partial charge in [0, 0.05) is 24.3 Å². The first-order valence-corrected chi connectivity index (χ1v) is 21.4. The van der Waals surface area contributed by atoms with E-state index >= 15 is 0 Å². The molecule has 0 aromatic carbocycles. The van der Waals surface area contributed by atoms with Crippen LogP contribution in [0.3, 0.4) is 0 Å². The lowest BCUT2D eigenvalue weighted by atomic mass is 9.41. The maximum absolute atomic E-state index is 13.3. The highest BCUT2D eigenvalue weighted by Crippen LogP contribution is 2.70. The molecule has 0 aromatic heterocycles. The number of aliphatic hydroxyl groups excluding tert-OH is 8. The van der Waals surface area contributed by atoms with Crippen molar-refractivity contribution < 1.29 is 93.8 Å². The molecule has 22 atom stereocenters. The van der Waals surface area contributed by atoms with Crippen molar-refractivity contribution in [2.45, 2.75) is 181 Å². The third-order valence-electron chi connectivity index (χ3n) is 16.1. The van der Waals surface area contributed by atoms with Crippen LogP contribution in [0.2, 0.25) is 0 Å². The van der Waals surface area contributed by atoms with Crippen molar-refractivity contribution in [3.8, 4) is 0 Å². The molecule has 19 nitrogen and oxygen atoms in total. The summed E-state index contributed by atoms with van der Waals surface area (Å²) in [6.07, 6.45) is -14.1. The average Bonchev–Trinajstić information content (AvgIpc) is 3.76. The van der Waals surface area contributed by atoms with Gasteiger partial charge in [0.1, 0.15) is 67.8 Å². The lowest BCUT2D eigenvalue weighted by Crippen LogP contribution is -2.69. The summed E-state index contributed by atoms with van der Waals surface area (Å²) in [5.41, 5.74) is -3.15. The number of carbonyl (C=O) groups is 2. The fourth-order valence-electron chi connectivity index (χ4n) is 12.7. The fourth-order valence-corrected chi connectivity index (χ4v) is 12.7. The smallest absolute Gasteiger partial charge is 0.331 e. The maximum atomic E-state index is 13.3. The number of hydrogen-bond donors (Lipinski definition) is 10. The van der Waals surface area contributed by atoms with Crippen LogP contribution in [0, 0.1) is 28.6 Å². The Morgan fingerprint density at radius 3 is 2.15 bits per heavy atom. The lowest BCUT2D eigenvalue weighted by molar-refractivity contribution is -0.354. The maximum Gasteiger partial charge on any atom is 0.331 e. The quantitative estimate of drug-likeness (QED) is 0.0613. The predicted octanol–water partition coefficient (Wildman–Crippen LogP) is -2.57.